The average molecular weight is 479 g/mol. The highest BCUT2D eigenvalue weighted by Crippen LogP contribution is 2.76. The summed E-state index contributed by atoms with van der Waals surface area (Å²) in [6.07, 6.45) is 13.4. The fourth-order valence-corrected chi connectivity index (χ4v) is 9.94. The summed E-state index contributed by atoms with van der Waals surface area (Å²) in [5, 5.41) is 0. The average Bonchev–Trinajstić information content (AvgIpc) is 2.79. The lowest BCUT2D eigenvalue weighted by Crippen LogP contribution is -2.65. The van der Waals surface area contributed by atoms with Gasteiger partial charge in [-0.25, -0.2) is 0 Å². The highest BCUT2D eigenvalue weighted by atomic mass is 16.1. The van der Waals surface area contributed by atoms with Gasteiger partial charge in [-0.05, 0) is 108 Å². The van der Waals surface area contributed by atoms with Crippen LogP contribution in [-0.4, -0.2) is 5.78 Å². The van der Waals surface area contributed by atoms with Gasteiger partial charge in [-0.15, -0.1) is 0 Å². The van der Waals surface area contributed by atoms with Gasteiger partial charge in [-0.2, -0.15) is 0 Å². The van der Waals surface area contributed by atoms with Gasteiger partial charge in [-0.3, -0.25) is 4.79 Å². The van der Waals surface area contributed by atoms with Crippen molar-refractivity contribution in [3.05, 3.63) is 35.5 Å². The molecule has 0 radical (unpaired) electrons. The minimum Gasteiger partial charge on any atom is -0.295 e. The molecule has 0 heterocycles. The third-order valence-corrected chi connectivity index (χ3v) is 13.2. The highest BCUT2D eigenvalue weighted by molar-refractivity contribution is 5.95. The van der Waals surface area contributed by atoms with E-state index in [0.717, 1.165) is 0 Å². The zero-order valence-corrected chi connectivity index (χ0v) is 25.0. The molecule has 0 aromatic carbocycles. The van der Waals surface area contributed by atoms with Crippen molar-refractivity contribution in [3.8, 4) is 0 Å². The van der Waals surface area contributed by atoms with Crippen LogP contribution in [0, 0.1) is 50.2 Å². The molecular formula is C34H54O. The number of ketones is 1. The third kappa shape index (κ3) is 3.28. The van der Waals surface area contributed by atoms with E-state index in [4.69, 9.17) is 0 Å². The molecule has 3 fully saturated rings. The number of carbonyl (C=O) groups excluding carboxylic acids is 1. The lowest BCUT2D eigenvalue weighted by atomic mass is 9.33. The Balaban J connectivity index is 0.00000141. The summed E-state index contributed by atoms with van der Waals surface area (Å²) in [5.41, 5.74) is 4.93. The summed E-state index contributed by atoms with van der Waals surface area (Å²) in [4.78, 5) is 14.3. The molecule has 196 valence electrons. The lowest BCUT2D eigenvalue weighted by Gasteiger charge is -2.70. The zero-order valence-electron chi connectivity index (χ0n) is 25.0. The van der Waals surface area contributed by atoms with E-state index >= 15 is 0 Å². The molecule has 0 amide bonds. The lowest BCUT2D eigenvalue weighted by molar-refractivity contribution is -0.170. The van der Waals surface area contributed by atoms with Crippen molar-refractivity contribution in [2.24, 2.45) is 50.2 Å². The SMILES string of the molecule is C=C1C(C)=CC2(C)C3=CC(=O)C4C5CC(C)(C)CCC5(C)CC[C@@]4(C)C3(C)CC[C@@]2(C)C1C.CC. The van der Waals surface area contributed by atoms with Crippen LogP contribution in [0.4, 0.5) is 0 Å². The maximum Gasteiger partial charge on any atom is 0.159 e. The fraction of sp³-hybridized carbons (Fsp3) is 0.794. The Kier molecular flexibility index (Phi) is 6.11. The van der Waals surface area contributed by atoms with Crippen molar-refractivity contribution in [1.82, 2.24) is 0 Å². The van der Waals surface area contributed by atoms with Crippen LogP contribution in [0.1, 0.15) is 121 Å². The summed E-state index contributed by atoms with van der Waals surface area (Å²) in [7, 11) is 0. The Morgan fingerprint density at radius 1 is 0.857 bits per heavy atom. The van der Waals surface area contributed by atoms with Gasteiger partial charge in [0.15, 0.2) is 5.78 Å². The van der Waals surface area contributed by atoms with Gasteiger partial charge in [-0.1, -0.05) is 87.5 Å². The molecule has 5 aliphatic carbocycles. The smallest absolute Gasteiger partial charge is 0.159 e. The topological polar surface area (TPSA) is 17.1 Å². The van der Waals surface area contributed by atoms with Gasteiger partial charge in [0.25, 0.3) is 0 Å². The minimum atomic E-state index is -0.0824. The Bertz CT molecular complexity index is 994. The maximum atomic E-state index is 14.3. The van der Waals surface area contributed by atoms with Crippen LogP contribution >= 0.6 is 0 Å². The van der Waals surface area contributed by atoms with Crippen LogP contribution in [0.15, 0.2) is 35.5 Å². The van der Waals surface area contributed by atoms with Gasteiger partial charge >= 0.3 is 0 Å². The van der Waals surface area contributed by atoms with Gasteiger partial charge in [0.2, 0.25) is 0 Å². The quantitative estimate of drug-likeness (QED) is 0.338. The molecule has 1 heteroatoms. The Hall–Kier alpha value is -1.11. The van der Waals surface area contributed by atoms with Crippen LogP contribution in [0.5, 0.6) is 0 Å². The van der Waals surface area contributed by atoms with E-state index in [9.17, 15) is 4.79 Å². The molecule has 6 unspecified atom stereocenters. The molecule has 0 aromatic heterocycles. The Morgan fingerprint density at radius 3 is 2.06 bits per heavy atom. The molecule has 0 N–H and O–H groups in total. The predicted octanol–water partition coefficient (Wildman–Crippen LogP) is 9.74. The second kappa shape index (κ2) is 7.94. The number of fused-ring (bicyclic) bond motifs is 7. The molecule has 5 aliphatic rings. The molecule has 0 spiro atoms. The molecule has 35 heavy (non-hydrogen) atoms. The van der Waals surface area contributed by atoms with Crippen molar-refractivity contribution >= 4 is 5.78 Å². The molecule has 3 saturated carbocycles. The van der Waals surface area contributed by atoms with Crippen molar-refractivity contribution in [2.45, 2.75) is 121 Å². The van der Waals surface area contributed by atoms with Crippen molar-refractivity contribution < 1.29 is 4.79 Å². The summed E-state index contributed by atoms with van der Waals surface area (Å²) < 4.78 is 0. The van der Waals surface area contributed by atoms with Gasteiger partial charge in [0.1, 0.15) is 0 Å². The zero-order chi connectivity index (χ0) is 26.4. The van der Waals surface area contributed by atoms with Gasteiger partial charge in [0.05, 0.1) is 0 Å². The number of carbonyl (C=O) groups is 1. The predicted molar refractivity (Wildman–Crippen MR) is 150 cm³/mol. The molecule has 1 nitrogen and oxygen atoms in total. The largest absolute Gasteiger partial charge is 0.295 e. The molecular weight excluding hydrogens is 424 g/mol. The first-order chi connectivity index (χ1) is 16.0. The molecule has 0 bridgehead atoms. The van der Waals surface area contributed by atoms with E-state index in [2.05, 4.69) is 81.0 Å². The Labute approximate surface area is 217 Å². The van der Waals surface area contributed by atoms with Gasteiger partial charge in [0, 0.05) is 11.3 Å². The normalized spacial score (nSPS) is 50.3. The first kappa shape index (κ1) is 26.9. The van der Waals surface area contributed by atoms with E-state index in [1.165, 1.54) is 61.7 Å². The first-order valence-electron chi connectivity index (χ1n) is 14.7. The first-order valence-corrected chi connectivity index (χ1v) is 14.7. The summed E-state index contributed by atoms with van der Waals surface area (Å²) in [5.74, 6) is 1.59. The monoisotopic (exact) mass is 478 g/mol. The van der Waals surface area contributed by atoms with E-state index < -0.39 is 0 Å². The van der Waals surface area contributed by atoms with Crippen LogP contribution < -0.4 is 0 Å². The number of allylic oxidation sites excluding steroid dienone is 5. The van der Waals surface area contributed by atoms with Gasteiger partial charge < -0.3 is 0 Å². The minimum absolute atomic E-state index is 0.0511. The van der Waals surface area contributed by atoms with E-state index in [-0.39, 0.29) is 27.6 Å². The molecule has 0 saturated heterocycles. The van der Waals surface area contributed by atoms with Crippen molar-refractivity contribution in [2.75, 3.05) is 0 Å². The second-order valence-corrected chi connectivity index (χ2v) is 15.0. The third-order valence-electron chi connectivity index (χ3n) is 13.2. The molecule has 5 rings (SSSR count). The second-order valence-electron chi connectivity index (χ2n) is 15.0. The van der Waals surface area contributed by atoms with Crippen LogP contribution in [0.3, 0.4) is 0 Å². The number of rotatable bonds is 0. The van der Waals surface area contributed by atoms with E-state index in [0.29, 0.717) is 28.4 Å². The molecule has 8 atom stereocenters. The summed E-state index contributed by atoms with van der Waals surface area (Å²) in [6.45, 7) is 30.5. The fourth-order valence-electron chi connectivity index (χ4n) is 9.94. The van der Waals surface area contributed by atoms with Crippen molar-refractivity contribution in [3.63, 3.8) is 0 Å². The van der Waals surface area contributed by atoms with Crippen molar-refractivity contribution in [1.29, 1.82) is 0 Å². The van der Waals surface area contributed by atoms with E-state index in [1.54, 1.807) is 0 Å². The highest BCUT2D eigenvalue weighted by Gasteiger charge is 2.69. The maximum absolute atomic E-state index is 14.3. The Morgan fingerprint density at radius 2 is 1.43 bits per heavy atom. The molecule has 0 aliphatic heterocycles. The number of hydrogen-bond donors (Lipinski definition) is 0. The van der Waals surface area contributed by atoms with Crippen LogP contribution in [0.2, 0.25) is 0 Å². The summed E-state index contributed by atoms with van der Waals surface area (Å²) in [6, 6.07) is 0. The number of hydrogen-bond acceptors (Lipinski definition) is 1. The van der Waals surface area contributed by atoms with Crippen LogP contribution in [-0.2, 0) is 4.79 Å². The summed E-state index contributed by atoms with van der Waals surface area (Å²) >= 11 is 0. The molecule has 0 aromatic rings. The van der Waals surface area contributed by atoms with Crippen LogP contribution in [0.25, 0.3) is 0 Å². The van der Waals surface area contributed by atoms with E-state index in [1.807, 2.05) is 13.8 Å². The standard InChI is InChI=1S/C32H48O.C2H6/c1-20-18-32(10)25-17-24(33)26-23-19-27(4,5)11-12-28(23,6)13-14-31(26,9)30(25,8)16-15-29(32,7)22(3)21(20)2;1-2/h17-18,22-23,26H,2,11-16,19H2,1,3-10H3;1-2H3/t22?,23?,26?,28?,29-,30?,31+,32?;/m0./s1.